The van der Waals surface area contributed by atoms with Crippen molar-refractivity contribution in [3.63, 3.8) is 0 Å². The van der Waals surface area contributed by atoms with Crippen molar-refractivity contribution in [2.24, 2.45) is 11.8 Å². The van der Waals surface area contributed by atoms with Gasteiger partial charge in [0.2, 0.25) is 5.91 Å². The molecular formula is C17H16F3N3O5. The van der Waals surface area contributed by atoms with Gasteiger partial charge >= 0.3 is 17.8 Å². The van der Waals surface area contributed by atoms with Crippen LogP contribution in [0.25, 0.3) is 10.9 Å². The van der Waals surface area contributed by atoms with Gasteiger partial charge in [-0.05, 0) is 12.1 Å². The van der Waals surface area contributed by atoms with Crippen LogP contribution in [0, 0.1) is 11.8 Å². The molecule has 2 aromatic rings. The molecule has 0 aliphatic carbocycles. The second-order valence-electron chi connectivity index (χ2n) is 6.57. The highest BCUT2D eigenvalue weighted by atomic mass is 19.4. The van der Waals surface area contributed by atoms with Gasteiger partial charge in [0.1, 0.15) is 0 Å². The van der Waals surface area contributed by atoms with Crippen LogP contribution in [0.15, 0.2) is 33.9 Å². The van der Waals surface area contributed by atoms with E-state index in [2.05, 4.69) is 4.98 Å². The number of hydrogen-bond donors (Lipinski definition) is 2. The number of aromatic amines is 1. The molecule has 0 unspecified atom stereocenters. The third-order valence-corrected chi connectivity index (χ3v) is 4.86. The molecule has 1 aliphatic heterocycles. The van der Waals surface area contributed by atoms with E-state index in [1.165, 1.54) is 12.1 Å². The Bertz CT molecular complexity index is 1040. The molecule has 1 aromatic heterocycles. The Morgan fingerprint density at radius 3 is 2.46 bits per heavy atom. The van der Waals surface area contributed by atoms with Crippen LogP contribution in [-0.2, 0) is 16.1 Å². The second-order valence-corrected chi connectivity index (χ2v) is 6.57. The fourth-order valence-corrected chi connectivity index (χ4v) is 3.42. The van der Waals surface area contributed by atoms with Crippen LogP contribution in [0.4, 0.5) is 13.2 Å². The summed E-state index contributed by atoms with van der Waals surface area (Å²) in [7, 11) is 0. The number of nitrogens with zero attached hydrogens (tertiary/aromatic N) is 2. The SMILES string of the molecule is O=C(O)[C@@H]1CN(C(=O)CCn2c(=O)[nH]c(=O)c3ccccc32)C[C@H]1C(F)(F)F. The van der Waals surface area contributed by atoms with E-state index in [9.17, 15) is 32.3 Å². The van der Waals surface area contributed by atoms with Gasteiger partial charge in [-0.2, -0.15) is 13.2 Å². The Morgan fingerprint density at radius 2 is 1.86 bits per heavy atom. The molecule has 1 amide bonds. The van der Waals surface area contributed by atoms with E-state index in [1.54, 1.807) is 12.1 Å². The molecule has 8 nitrogen and oxygen atoms in total. The maximum Gasteiger partial charge on any atom is 0.394 e. The summed E-state index contributed by atoms with van der Waals surface area (Å²) in [6, 6.07) is 6.22. The molecular weight excluding hydrogens is 383 g/mol. The normalized spacial score (nSPS) is 19.9. The fraction of sp³-hybridized carbons (Fsp3) is 0.412. The maximum absolute atomic E-state index is 13.0. The van der Waals surface area contributed by atoms with Crippen molar-refractivity contribution in [1.29, 1.82) is 0 Å². The quantitative estimate of drug-likeness (QED) is 0.790. The molecule has 150 valence electrons. The molecule has 2 N–H and O–H groups in total. The second kappa shape index (κ2) is 7.13. The minimum Gasteiger partial charge on any atom is -0.481 e. The minimum atomic E-state index is -4.73. The van der Waals surface area contributed by atoms with Gasteiger partial charge in [-0.25, -0.2) is 4.79 Å². The van der Waals surface area contributed by atoms with Gasteiger partial charge in [0.25, 0.3) is 5.56 Å². The number of aryl methyl sites for hydroxylation is 1. The lowest BCUT2D eigenvalue weighted by Crippen LogP contribution is -2.35. The van der Waals surface area contributed by atoms with Crippen molar-refractivity contribution in [3.05, 3.63) is 45.1 Å². The molecule has 0 saturated carbocycles. The summed E-state index contributed by atoms with van der Waals surface area (Å²) in [4.78, 5) is 50.3. The van der Waals surface area contributed by atoms with Gasteiger partial charge in [0.15, 0.2) is 0 Å². The summed E-state index contributed by atoms with van der Waals surface area (Å²) in [5.74, 6) is -6.16. The molecule has 11 heteroatoms. The number of aliphatic carboxylic acids is 1. The molecule has 0 bridgehead atoms. The van der Waals surface area contributed by atoms with Crippen LogP contribution in [0.1, 0.15) is 6.42 Å². The number of carbonyl (C=O) groups is 2. The highest BCUT2D eigenvalue weighted by molar-refractivity contribution is 5.80. The number of rotatable bonds is 4. The summed E-state index contributed by atoms with van der Waals surface area (Å²) in [6.45, 7) is -1.44. The van der Waals surface area contributed by atoms with Gasteiger partial charge < -0.3 is 10.0 Å². The number of nitrogens with one attached hydrogen (secondary N) is 1. The maximum atomic E-state index is 13.0. The predicted octanol–water partition coefficient (Wildman–Crippen LogP) is 0.801. The van der Waals surface area contributed by atoms with Crippen molar-refractivity contribution in [3.8, 4) is 0 Å². The monoisotopic (exact) mass is 399 g/mol. The van der Waals surface area contributed by atoms with Gasteiger partial charge in [-0.15, -0.1) is 0 Å². The third-order valence-electron chi connectivity index (χ3n) is 4.86. The number of halogens is 3. The summed E-state index contributed by atoms with van der Waals surface area (Å²) in [5, 5.41) is 9.25. The number of benzene rings is 1. The molecule has 1 saturated heterocycles. The molecule has 2 atom stereocenters. The van der Waals surface area contributed by atoms with Crippen molar-refractivity contribution in [2.45, 2.75) is 19.1 Å². The molecule has 1 aromatic carbocycles. The smallest absolute Gasteiger partial charge is 0.394 e. The zero-order valence-electron chi connectivity index (χ0n) is 14.4. The van der Waals surface area contributed by atoms with Crippen molar-refractivity contribution >= 4 is 22.8 Å². The van der Waals surface area contributed by atoms with Crippen LogP contribution >= 0.6 is 0 Å². The molecule has 28 heavy (non-hydrogen) atoms. The highest BCUT2D eigenvalue weighted by Gasteiger charge is 2.53. The first-order chi connectivity index (χ1) is 13.1. The number of carboxylic acids is 1. The fourth-order valence-electron chi connectivity index (χ4n) is 3.42. The number of amides is 1. The van der Waals surface area contributed by atoms with Crippen LogP contribution in [0.3, 0.4) is 0 Å². The Morgan fingerprint density at radius 1 is 1.18 bits per heavy atom. The predicted molar refractivity (Wildman–Crippen MR) is 90.7 cm³/mol. The van der Waals surface area contributed by atoms with E-state index in [0.717, 1.165) is 9.47 Å². The number of para-hydroxylation sites is 1. The first kappa shape index (κ1) is 19.6. The summed E-state index contributed by atoms with van der Waals surface area (Å²) in [6.07, 6.45) is -5.04. The third kappa shape index (κ3) is 3.64. The minimum absolute atomic E-state index is 0.167. The van der Waals surface area contributed by atoms with Crippen molar-refractivity contribution in [2.75, 3.05) is 13.1 Å². The van der Waals surface area contributed by atoms with Crippen molar-refractivity contribution in [1.82, 2.24) is 14.5 Å². The van der Waals surface area contributed by atoms with E-state index in [4.69, 9.17) is 5.11 Å². The number of aromatic nitrogens is 2. The first-order valence-electron chi connectivity index (χ1n) is 8.38. The first-order valence-corrected chi connectivity index (χ1v) is 8.38. The molecule has 1 fully saturated rings. The topological polar surface area (TPSA) is 112 Å². The number of fused-ring (bicyclic) bond motifs is 1. The average molecular weight is 399 g/mol. The lowest BCUT2D eigenvalue weighted by atomic mass is 9.96. The Balaban J connectivity index is 1.79. The van der Waals surface area contributed by atoms with E-state index in [1.807, 2.05) is 0 Å². The summed E-state index contributed by atoms with van der Waals surface area (Å²) in [5.41, 5.74) is -1.03. The van der Waals surface area contributed by atoms with Gasteiger partial charge in [0.05, 0.1) is 22.7 Å². The highest BCUT2D eigenvalue weighted by Crippen LogP contribution is 2.37. The Labute approximate surface area is 155 Å². The number of carboxylic acid groups (broad SMARTS) is 1. The number of H-pyrrole nitrogens is 1. The summed E-state index contributed by atoms with van der Waals surface area (Å²) >= 11 is 0. The lowest BCUT2D eigenvalue weighted by Gasteiger charge is -2.18. The molecule has 1 aliphatic rings. The van der Waals surface area contributed by atoms with Crippen LogP contribution in [0.2, 0.25) is 0 Å². The van der Waals surface area contributed by atoms with E-state index < -0.39 is 54.2 Å². The van der Waals surface area contributed by atoms with Gasteiger partial charge in [0, 0.05) is 26.1 Å². The Hall–Kier alpha value is -3.11. The van der Waals surface area contributed by atoms with E-state index >= 15 is 0 Å². The Kier molecular flexibility index (Phi) is 5.01. The van der Waals surface area contributed by atoms with Crippen LogP contribution < -0.4 is 11.2 Å². The van der Waals surface area contributed by atoms with E-state index in [0.29, 0.717) is 5.52 Å². The zero-order valence-corrected chi connectivity index (χ0v) is 14.4. The number of carbonyl (C=O) groups excluding carboxylic acids is 1. The zero-order chi connectivity index (χ0) is 20.6. The molecule has 2 heterocycles. The number of hydrogen-bond acceptors (Lipinski definition) is 4. The largest absolute Gasteiger partial charge is 0.481 e. The average Bonchev–Trinajstić information content (AvgIpc) is 3.07. The number of alkyl halides is 3. The summed E-state index contributed by atoms with van der Waals surface area (Å²) < 4.78 is 40.3. The lowest BCUT2D eigenvalue weighted by molar-refractivity contribution is -0.188. The molecule has 3 rings (SSSR count). The van der Waals surface area contributed by atoms with Gasteiger partial charge in [-0.1, -0.05) is 12.1 Å². The molecule has 0 radical (unpaired) electrons. The standard InChI is InChI=1S/C17H16F3N3O5/c18-17(19,20)11-8-22(7-10(11)15(26)27)13(24)5-6-23-12-4-2-1-3-9(12)14(25)21-16(23)28/h1-4,10-11H,5-8H2,(H,26,27)(H,21,25,28)/t10-,11-/m1/s1. The number of likely N-dealkylation sites (tertiary alicyclic amines) is 1. The van der Waals surface area contributed by atoms with Gasteiger partial charge in [-0.3, -0.25) is 23.9 Å². The van der Waals surface area contributed by atoms with Crippen LogP contribution in [0.5, 0.6) is 0 Å². The van der Waals surface area contributed by atoms with Crippen LogP contribution in [-0.4, -0.2) is 50.7 Å². The van der Waals surface area contributed by atoms with Crippen molar-refractivity contribution < 1.29 is 27.9 Å². The van der Waals surface area contributed by atoms with E-state index in [-0.39, 0.29) is 18.4 Å². The molecule has 0 spiro atoms.